The van der Waals surface area contributed by atoms with Crippen LogP contribution < -0.4 is 16.0 Å². The molecule has 0 spiro atoms. The average Bonchev–Trinajstić information content (AvgIpc) is 3.27. The molecule has 1 fully saturated rings. The van der Waals surface area contributed by atoms with E-state index < -0.39 is 0 Å². The molecule has 0 saturated carbocycles. The summed E-state index contributed by atoms with van der Waals surface area (Å²) in [6.07, 6.45) is 3.22. The number of nitrogens with two attached hydrogens (primary N) is 1. The van der Waals surface area contributed by atoms with E-state index in [1.807, 2.05) is 56.6 Å². The molecule has 10 heteroatoms. The minimum absolute atomic E-state index is 0.0896. The molecule has 0 aliphatic carbocycles. The van der Waals surface area contributed by atoms with Gasteiger partial charge in [-0.2, -0.15) is 5.10 Å². The summed E-state index contributed by atoms with van der Waals surface area (Å²) < 4.78 is 7.96. The monoisotopic (exact) mass is 540 g/mol. The van der Waals surface area contributed by atoms with E-state index in [2.05, 4.69) is 31.2 Å². The van der Waals surface area contributed by atoms with E-state index in [1.54, 1.807) is 21.8 Å². The number of piperazine rings is 1. The maximum atomic E-state index is 12.9. The number of nitrogens with zero attached hydrogens (tertiary/aromatic N) is 4. The van der Waals surface area contributed by atoms with Crippen molar-refractivity contribution >= 4 is 39.3 Å². The predicted octanol–water partition coefficient (Wildman–Crippen LogP) is 3.54. The number of nitrogens with one attached hydrogen (secondary N) is 1. The molecule has 1 aromatic heterocycles. The Morgan fingerprint density at radius 2 is 1.97 bits per heavy atom. The smallest absolute Gasteiger partial charge is 0.410 e. The normalized spacial score (nSPS) is 15.7. The Morgan fingerprint density at radius 3 is 2.66 bits per heavy atom. The summed E-state index contributed by atoms with van der Waals surface area (Å²) >= 11 is 3.51. The summed E-state index contributed by atoms with van der Waals surface area (Å²) in [5, 5.41) is 7.02. The fraction of sp³-hybridized carbons (Fsp3) is 0.320. The third kappa shape index (κ3) is 5.94. The number of halogens is 1. The topological polar surface area (TPSA) is 106 Å². The van der Waals surface area contributed by atoms with E-state index in [-0.39, 0.29) is 24.6 Å². The molecule has 35 heavy (non-hydrogen) atoms. The number of hydrogen-bond donors (Lipinski definition) is 2. The van der Waals surface area contributed by atoms with Crippen LogP contribution in [0.4, 0.5) is 16.2 Å². The van der Waals surface area contributed by atoms with Crippen LogP contribution in [0.2, 0.25) is 0 Å². The predicted molar refractivity (Wildman–Crippen MR) is 138 cm³/mol. The van der Waals surface area contributed by atoms with Crippen LogP contribution in [0.25, 0.3) is 0 Å². The third-order valence-electron chi connectivity index (χ3n) is 5.99. The van der Waals surface area contributed by atoms with Crippen molar-refractivity contribution in [1.29, 1.82) is 0 Å². The first-order valence-electron chi connectivity index (χ1n) is 11.4. The zero-order valence-corrected chi connectivity index (χ0v) is 21.4. The van der Waals surface area contributed by atoms with E-state index in [0.717, 1.165) is 21.3 Å². The number of carbonyl (C=O) groups excluding carboxylic acids is 2. The van der Waals surface area contributed by atoms with Gasteiger partial charge in [0.1, 0.15) is 6.61 Å². The van der Waals surface area contributed by atoms with Gasteiger partial charge in [0.25, 0.3) is 5.91 Å². The van der Waals surface area contributed by atoms with Crippen molar-refractivity contribution in [3.05, 3.63) is 76.0 Å². The van der Waals surface area contributed by atoms with E-state index >= 15 is 0 Å². The SMILES string of the molecule is C[C@@H]1CN(c2cc(Br)cc(C(=O)NCc3cnn(C)c3)c2N)CCN1C(=O)OCc1ccccc1. The van der Waals surface area contributed by atoms with Crippen LogP contribution in [0.3, 0.4) is 0 Å². The Labute approximate surface area is 213 Å². The number of nitrogen functional groups attached to an aromatic ring is 1. The lowest BCUT2D eigenvalue weighted by atomic mass is 10.1. The Hall–Kier alpha value is -3.53. The van der Waals surface area contributed by atoms with E-state index in [0.29, 0.717) is 37.4 Å². The third-order valence-corrected chi connectivity index (χ3v) is 6.44. The standard InChI is InChI=1S/C25H29BrN6O3/c1-17-14-31(8-9-32(17)25(34)35-16-18-6-4-3-5-7-18)22-11-20(26)10-21(23(22)27)24(33)28-12-19-13-29-30(2)15-19/h3-7,10-11,13,15,17H,8-9,12,14,16,27H2,1-2H3,(H,28,33)/t17-/m1/s1. The quantitative estimate of drug-likeness (QED) is 0.463. The Bertz CT molecular complexity index is 1200. The molecule has 1 aliphatic heterocycles. The first kappa shape index (κ1) is 24.6. The molecule has 2 amide bonds. The minimum Gasteiger partial charge on any atom is -0.445 e. The lowest BCUT2D eigenvalue weighted by Crippen LogP contribution is -2.54. The molecule has 0 radical (unpaired) electrons. The zero-order chi connectivity index (χ0) is 24.9. The van der Waals surface area contributed by atoms with Crippen molar-refractivity contribution < 1.29 is 14.3 Å². The van der Waals surface area contributed by atoms with Gasteiger partial charge in [-0.15, -0.1) is 0 Å². The molecule has 3 N–H and O–H groups in total. The van der Waals surface area contributed by atoms with Gasteiger partial charge < -0.3 is 25.6 Å². The van der Waals surface area contributed by atoms with Gasteiger partial charge in [0.15, 0.2) is 0 Å². The second-order valence-corrected chi connectivity index (χ2v) is 9.54. The van der Waals surface area contributed by atoms with Gasteiger partial charge in [0, 0.05) is 55.5 Å². The van der Waals surface area contributed by atoms with Crippen molar-refractivity contribution in [2.75, 3.05) is 30.3 Å². The average molecular weight is 541 g/mol. The molecular weight excluding hydrogens is 512 g/mol. The molecule has 1 saturated heterocycles. The lowest BCUT2D eigenvalue weighted by Gasteiger charge is -2.40. The molecule has 1 aliphatic rings. The van der Waals surface area contributed by atoms with Crippen LogP contribution in [-0.2, 0) is 24.9 Å². The van der Waals surface area contributed by atoms with E-state index in [9.17, 15) is 9.59 Å². The van der Waals surface area contributed by atoms with Crippen LogP contribution in [0, 0.1) is 0 Å². The molecular formula is C25H29BrN6O3. The second-order valence-electron chi connectivity index (χ2n) is 8.62. The number of amides is 2. The number of hydrogen-bond acceptors (Lipinski definition) is 6. The van der Waals surface area contributed by atoms with Crippen molar-refractivity contribution in [2.24, 2.45) is 7.05 Å². The molecule has 2 aromatic carbocycles. The number of aryl methyl sites for hydroxylation is 1. The van der Waals surface area contributed by atoms with Gasteiger partial charge >= 0.3 is 6.09 Å². The molecule has 184 valence electrons. The Balaban J connectivity index is 1.40. The van der Waals surface area contributed by atoms with Gasteiger partial charge in [-0.25, -0.2) is 4.79 Å². The number of ether oxygens (including phenoxy) is 1. The molecule has 0 bridgehead atoms. The summed E-state index contributed by atoms with van der Waals surface area (Å²) in [4.78, 5) is 29.4. The second kappa shape index (κ2) is 10.8. The number of carbonyl (C=O) groups is 2. The van der Waals surface area contributed by atoms with Crippen LogP contribution in [-0.4, -0.2) is 52.4 Å². The summed E-state index contributed by atoms with van der Waals surface area (Å²) in [6, 6.07) is 13.1. The summed E-state index contributed by atoms with van der Waals surface area (Å²) in [7, 11) is 1.83. The maximum absolute atomic E-state index is 12.9. The Morgan fingerprint density at radius 1 is 1.20 bits per heavy atom. The van der Waals surface area contributed by atoms with Gasteiger partial charge in [0.05, 0.1) is 23.1 Å². The minimum atomic E-state index is -0.335. The van der Waals surface area contributed by atoms with Gasteiger partial charge in [-0.1, -0.05) is 46.3 Å². The summed E-state index contributed by atoms with van der Waals surface area (Å²) in [5.41, 5.74) is 9.88. The highest BCUT2D eigenvalue weighted by Gasteiger charge is 2.30. The summed E-state index contributed by atoms with van der Waals surface area (Å²) in [6.45, 7) is 4.20. The molecule has 9 nitrogen and oxygen atoms in total. The van der Waals surface area contributed by atoms with E-state index in [4.69, 9.17) is 10.5 Å². The highest BCUT2D eigenvalue weighted by molar-refractivity contribution is 9.10. The number of benzene rings is 2. The number of anilines is 2. The molecule has 2 heterocycles. The lowest BCUT2D eigenvalue weighted by molar-refractivity contribution is 0.0795. The van der Waals surface area contributed by atoms with Crippen molar-refractivity contribution in [3.63, 3.8) is 0 Å². The van der Waals surface area contributed by atoms with Crippen molar-refractivity contribution in [1.82, 2.24) is 20.0 Å². The first-order valence-corrected chi connectivity index (χ1v) is 12.2. The van der Waals surface area contributed by atoms with Crippen LogP contribution in [0.5, 0.6) is 0 Å². The number of aromatic nitrogens is 2. The highest BCUT2D eigenvalue weighted by Crippen LogP contribution is 2.33. The van der Waals surface area contributed by atoms with Crippen molar-refractivity contribution in [3.8, 4) is 0 Å². The zero-order valence-electron chi connectivity index (χ0n) is 19.8. The molecule has 4 rings (SSSR count). The molecule has 3 aromatic rings. The van der Waals surface area contributed by atoms with Gasteiger partial charge in [-0.3, -0.25) is 9.48 Å². The highest BCUT2D eigenvalue weighted by atomic mass is 79.9. The van der Waals surface area contributed by atoms with Gasteiger partial charge in [-0.05, 0) is 24.6 Å². The molecule has 0 unspecified atom stereocenters. The van der Waals surface area contributed by atoms with Crippen LogP contribution in [0.1, 0.15) is 28.4 Å². The largest absolute Gasteiger partial charge is 0.445 e. The van der Waals surface area contributed by atoms with Gasteiger partial charge in [0.2, 0.25) is 0 Å². The molecule has 1 atom stereocenters. The maximum Gasteiger partial charge on any atom is 0.410 e. The van der Waals surface area contributed by atoms with E-state index in [1.165, 1.54) is 0 Å². The first-order chi connectivity index (χ1) is 16.8. The Kier molecular flexibility index (Phi) is 7.60. The number of rotatable bonds is 6. The summed E-state index contributed by atoms with van der Waals surface area (Å²) in [5.74, 6) is -0.259. The van der Waals surface area contributed by atoms with Crippen LogP contribution >= 0.6 is 15.9 Å². The fourth-order valence-electron chi connectivity index (χ4n) is 4.14. The van der Waals surface area contributed by atoms with Crippen molar-refractivity contribution in [2.45, 2.75) is 26.1 Å². The fourth-order valence-corrected chi connectivity index (χ4v) is 4.59. The van der Waals surface area contributed by atoms with Crippen LogP contribution in [0.15, 0.2) is 59.3 Å².